The lowest BCUT2D eigenvalue weighted by Crippen LogP contribution is -2.39. The summed E-state index contributed by atoms with van der Waals surface area (Å²) >= 11 is 0. The topological polar surface area (TPSA) is 378 Å². The first-order valence-electron chi connectivity index (χ1n) is 23.1. The van der Waals surface area contributed by atoms with Crippen LogP contribution in [-0.4, -0.2) is 106 Å². The molecule has 9 unspecified atom stereocenters. The van der Waals surface area contributed by atoms with Gasteiger partial charge in [0.2, 0.25) is 0 Å². The van der Waals surface area contributed by atoms with Gasteiger partial charge < -0.3 is 101 Å². The molecule has 9 atom stereocenters. The SMILES string of the molecule is O=C1CC(c2ccc(O)c(O)c2)c2c(c(C3c4c(O)cc(O)cc4OC(c4ccc(O)c(O)c4)C3O)c(O)c3c2OC(c2ccc(O)c(O)c2)C(O)C3c2c(O)cc(O)c3c2OC(c2ccc(O)c(O)c2)C(O)C3)O1. The highest BCUT2D eigenvalue weighted by molar-refractivity contribution is 5.83. The summed E-state index contributed by atoms with van der Waals surface area (Å²) in [6.07, 6.45) is -11.2. The van der Waals surface area contributed by atoms with E-state index in [1.807, 2.05) is 0 Å². The predicted octanol–water partition coefficient (Wildman–Crippen LogP) is 5.59. The van der Waals surface area contributed by atoms with Crippen LogP contribution in [0, 0.1) is 0 Å². The Morgan fingerprint density at radius 1 is 0.387 bits per heavy atom. The fourth-order valence-corrected chi connectivity index (χ4v) is 10.9. The largest absolute Gasteiger partial charge is 0.508 e. The van der Waals surface area contributed by atoms with Gasteiger partial charge in [-0.3, -0.25) is 4.79 Å². The Hall–Kier alpha value is -9.31. The monoisotopic (exact) mass is 1030 g/mol. The van der Waals surface area contributed by atoms with Crippen LogP contribution < -0.4 is 18.9 Å². The van der Waals surface area contributed by atoms with Crippen molar-refractivity contribution in [3.63, 3.8) is 0 Å². The van der Waals surface area contributed by atoms with E-state index in [-0.39, 0.29) is 50.4 Å². The molecule has 0 saturated carbocycles. The average Bonchev–Trinajstić information content (AvgIpc) is 3.38. The van der Waals surface area contributed by atoms with Crippen molar-refractivity contribution in [2.45, 2.75) is 67.2 Å². The minimum Gasteiger partial charge on any atom is -0.508 e. The first-order valence-corrected chi connectivity index (χ1v) is 23.1. The third-order valence-corrected chi connectivity index (χ3v) is 14.3. The molecule has 7 aromatic carbocycles. The van der Waals surface area contributed by atoms with Crippen LogP contribution in [0.4, 0.5) is 0 Å². The highest BCUT2D eigenvalue weighted by atomic mass is 16.5. The number of fused-ring (bicyclic) bond motifs is 5. The Labute approximate surface area is 421 Å². The van der Waals surface area contributed by atoms with E-state index in [2.05, 4.69) is 0 Å². The number of phenolic OH excluding ortho intramolecular Hbond substituents is 13. The number of phenols is 13. The van der Waals surface area contributed by atoms with E-state index in [9.17, 15) is 86.5 Å². The quantitative estimate of drug-likeness (QED) is 0.0548. The number of aliphatic hydroxyl groups excluding tert-OH is 3. The normalized spacial score (nSPS) is 23.5. The molecular weight excluding hydrogens is 985 g/mol. The summed E-state index contributed by atoms with van der Waals surface area (Å²) in [4.78, 5) is 14.1. The van der Waals surface area contributed by atoms with Gasteiger partial charge in [-0.15, -0.1) is 0 Å². The van der Waals surface area contributed by atoms with Crippen molar-refractivity contribution in [2.75, 3.05) is 0 Å². The van der Waals surface area contributed by atoms with Gasteiger partial charge in [0.05, 0.1) is 24.4 Å². The Morgan fingerprint density at radius 2 is 0.853 bits per heavy atom. The summed E-state index contributed by atoms with van der Waals surface area (Å²) < 4.78 is 25.5. The predicted molar refractivity (Wildman–Crippen MR) is 254 cm³/mol. The first kappa shape index (κ1) is 48.0. The molecule has 21 nitrogen and oxygen atoms in total. The summed E-state index contributed by atoms with van der Waals surface area (Å²) in [5.74, 6) is -15.9. The number of ether oxygens (including phenoxy) is 4. The molecule has 386 valence electrons. The summed E-state index contributed by atoms with van der Waals surface area (Å²) in [6, 6.07) is 16.9. The molecule has 21 heteroatoms. The Kier molecular flexibility index (Phi) is 11.2. The van der Waals surface area contributed by atoms with Crippen molar-refractivity contribution in [2.24, 2.45) is 0 Å². The van der Waals surface area contributed by atoms with Crippen molar-refractivity contribution in [3.8, 4) is 97.7 Å². The van der Waals surface area contributed by atoms with Crippen LogP contribution in [0.25, 0.3) is 0 Å². The smallest absolute Gasteiger partial charge is 0.312 e. The second-order valence-electron chi connectivity index (χ2n) is 18.8. The number of esters is 1. The van der Waals surface area contributed by atoms with E-state index in [0.29, 0.717) is 0 Å². The number of rotatable bonds is 6. The number of carbonyl (C=O) groups excluding carboxylic acids is 1. The Bertz CT molecular complexity index is 3540. The number of hydrogen-bond donors (Lipinski definition) is 16. The standard InChI is InChI=1S/C54H44O21/c55-22-13-34(65)40-37(14-22)72-50(20-3-7-27(58)32(63)11-20)47(70)42(40)44-46(69)45-43(41-35(66)17-29(60)24-15-36(67)49(74-52(24)41)19-2-6-26(57)31(62)10-19)48(71)51(21-4-8-28(59)33(64)12-21)75-54(45)39-23(16-38(68)73-53(39)44)18-1-5-25(56)30(61)9-18/h1-14,17,23,36,42-43,47-51,55-67,69-71H,15-16H2. The number of carbonyl (C=O) groups is 1. The minimum atomic E-state index is -2.04. The Morgan fingerprint density at radius 3 is 1.41 bits per heavy atom. The summed E-state index contributed by atoms with van der Waals surface area (Å²) in [5.41, 5.74) is -1.76. The van der Waals surface area contributed by atoms with E-state index in [1.165, 1.54) is 24.3 Å². The zero-order valence-corrected chi connectivity index (χ0v) is 38.5. The third kappa shape index (κ3) is 7.62. The van der Waals surface area contributed by atoms with Crippen LogP contribution in [-0.2, 0) is 11.2 Å². The maximum Gasteiger partial charge on any atom is 0.312 e. The van der Waals surface area contributed by atoms with Crippen LogP contribution in [0.15, 0.2) is 91.0 Å². The third-order valence-electron chi connectivity index (χ3n) is 14.3. The Balaban J connectivity index is 1.26. The fourth-order valence-electron chi connectivity index (χ4n) is 10.9. The zero-order valence-electron chi connectivity index (χ0n) is 38.5. The van der Waals surface area contributed by atoms with Crippen molar-refractivity contribution in [1.29, 1.82) is 0 Å². The second kappa shape index (κ2) is 17.4. The van der Waals surface area contributed by atoms with E-state index >= 15 is 0 Å². The van der Waals surface area contributed by atoms with Crippen molar-refractivity contribution >= 4 is 5.97 Å². The molecule has 0 aromatic heterocycles. The fraction of sp³-hybridized carbons (Fsp3) is 0.204. The lowest BCUT2D eigenvalue weighted by Gasteiger charge is -2.44. The van der Waals surface area contributed by atoms with Gasteiger partial charge in [-0.25, -0.2) is 0 Å². The van der Waals surface area contributed by atoms with E-state index < -0.39 is 176 Å². The minimum absolute atomic E-state index is 0.00476. The van der Waals surface area contributed by atoms with Gasteiger partial charge >= 0.3 is 5.97 Å². The molecule has 0 spiro atoms. The van der Waals surface area contributed by atoms with Crippen LogP contribution in [0.1, 0.15) is 98.1 Å². The van der Waals surface area contributed by atoms with Crippen molar-refractivity contribution in [3.05, 3.63) is 147 Å². The molecule has 75 heavy (non-hydrogen) atoms. The van der Waals surface area contributed by atoms with Gasteiger partial charge in [-0.1, -0.05) is 24.3 Å². The number of aromatic hydroxyl groups is 13. The van der Waals surface area contributed by atoms with Crippen LogP contribution >= 0.6 is 0 Å². The van der Waals surface area contributed by atoms with Gasteiger partial charge in [0.1, 0.15) is 70.1 Å². The molecule has 0 amide bonds. The first-order chi connectivity index (χ1) is 35.7. The molecule has 0 radical (unpaired) electrons. The van der Waals surface area contributed by atoms with E-state index in [4.69, 9.17) is 18.9 Å². The second-order valence-corrected chi connectivity index (χ2v) is 18.8. The number of aliphatic hydroxyl groups is 3. The molecule has 16 N–H and O–H groups in total. The molecule has 4 heterocycles. The average molecular weight is 1030 g/mol. The maximum absolute atomic E-state index is 14.1. The van der Waals surface area contributed by atoms with E-state index in [0.717, 1.165) is 66.7 Å². The zero-order chi connectivity index (χ0) is 53.2. The summed E-state index contributed by atoms with van der Waals surface area (Å²) in [5, 5.41) is 181. The van der Waals surface area contributed by atoms with Gasteiger partial charge in [-0.05, 0) is 70.8 Å². The molecular formula is C54H44O21. The molecule has 11 rings (SSSR count). The van der Waals surface area contributed by atoms with E-state index in [1.54, 1.807) is 0 Å². The molecule has 0 fully saturated rings. The highest BCUT2D eigenvalue weighted by Crippen LogP contribution is 2.65. The summed E-state index contributed by atoms with van der Waals surface area (Å²) in [7, 11) is 0. The number of hydrogen-bond acceptors (Lipinski definition) is 21. The highest BCUT2D eigenvalue weighted by Gasteiger charge is 2.53. The van der Waals surface area contributed by atoms with Crippen LogP contribution in [0.5, 0.6) is 97.7 Å². The molecule has 0 aliphatic carbocycles. The summed E-state index contributed by atoms with van der Waals surface area (Å²) in [6.45, 7) is 0. The van der Waals surface area contributed by atoms with Gasteiger partial charge in [0, 0.05) is 63.9 Å². The molecule has 0 bridgehead atoms. The molecule has 4 aliphatic rings. The van der Waals surface area contributed by atoms with Gasteiger partial charge in [0.25, 0.3) is 0 Å². The van der Waals surface area contributed by atoms with Gasteiger partial charge in [-0.2, -0.15) is 0 Å². The molecule has 4 aliphatic heterocycles. The number of benzene rings is 7. The lowest BCUT2D eigenvalue weighted by molar-refractivity contribution is -0.135. The maximum atomic E-state index is 14.1. The van der Waals surface area contributed by atoms with Crippen molar-refractivity contribution < 1.29 is 105 Å². The molecule has 7 aromatic rings. The van der Waals surface area contributed by atoms with Crippen molar-refractivity contribution in [1.82, 2.24) is 0 Å². The van der Waals surface area contributed by atoms with Crippen LogP contribution in [0.2, 0.25) is 0 Å². The molecule has 0 saturated heterocycles. The van der Waals surface area contributed by atoms with Crippen LogP contribution in [0.3, 0.4) is 0 Å². The lowest BCUT2D eigenvalue weighted by atomic mass is 9.71. The van der Waals surface area contributed by atoms with Gasteiger partial charge in [0.15, 0.2) is 58.2 Å².